The second-order valence-electron chi connectivity index (χ2n) is 4.89. The van der Waals surface area contributed by atoms with Gasteiger partial charge in [0.1, 0.15) is 0 Å². The molecule has 4 N–H and O–H groups in total. The van der Waals surface area contributed by atoms with Gasteiger partial charge in [0.2, 0.25) is 11.9 Å². The van der Waals surface area contributed by atoms with Gasteiger partial charge >= 0.3 is 6.01 Å². The molecule has 0 saturated carbocycles. The van der Waals surface area contributed by atoms with Crippen molar-refractivity contribution >= 4 is 11.9 Å². The molecule has 0 saturated heterocycles. The summed E-state index contributed by atoms with van der Waals surface area (Å²) in [5.74, 6) is 6.61. The molecule has 2 unspecified atom stereocenters. The van der Waals surface area contributed by atoms with Crippen LogP contribution in [0.2, 0.25) is 0 Å². The van der Waals surface area contributed by atoms with E-state index >= 15 is 0 Å². The molecule has 19 heavy (non-hydrogen) atoms. The molecule has 7 nitrogen and oxygen atoms in total. The number of anilines is 2. The van der Waals surface area contributed by atoms with Crippen molar-refractivity contribution in [2.24, 2.45) is 11.8 Å². The predicted octanol–water partition coefficient (Wildman–Crippen LogP) is 1.79. The Morgan fingerprint density at radius 1 is 1.11 bits per heavy atom. The van der Waals surface area contributed by atoms with E-state index in [4.69, 9.17) is 10.6 Å². The zero-order valence-corrected chi connectivity index (χ0v) is 12.3. The molecule has 1 rings (SSSR count). The van der Waals surface area contributed by atoms with Gasteiger partial charge in [-0.05, 0) is 26.7 Å². The van der Waals surface area contributed by atoms with Crippen LogP contribution in [0.5, 0.6) is 6.01 Å². The lowest BCUT2D eigenvalue weighted by molar-refractivity contribution is 0.222. The lowest BCUT2D eigenvalue weighted by atomic mass is 10.0. The quantitative estimate of drug-likeness (QED) is 0.512. The van der Waals surface area contributed by atoms with Crippen LogP contribution in [0.4, 0.5) is 11.9 Å². The van der Waals surface area contributed by atoms with E-state index in [1.807, 2.05) is 13.8 Å². The van der Waals surface area contributed by atoms with Crippen LogP contribution in [0.25, 0.3) is 0 Å². The average molecular weight is 268 g/mol. The fourth-order valence-electron chi connectivity index (χ4n) is 1.45. The lowest BCUT2D eigenvalue weighted by Gasteiger charge is -2.20. The molecule has 1 heterocycles. The van der Waals surface area contributed by atoms with E-state index in [0.29, 0.717) is 11.9 Å². The van der Waals surface area contributed by atoms with Gasteiger partial charge in [0.15, 0.2) is 0 Å². The van der Waals surface area contributed by atoms with Gasteiger partial charge in [-0.3, -0.25) is 5.43 Å². The maximum Gasteiger partial charge on any atom is 0.323 e. The minimum absolute atomic E-state index is 0.00661. The number of nitrogen functional groups attached to an aromatic ring is 1. The van der Waals surface area contributed by atoms with Gasteiger partial charge in [-0.15, -0.1) is 0 Å². The number of hydrazine groups is 1. The number of hydrogen-bond donors (Lipinski definition) is 3. The van der Waals surface area contributed by atoms with Gasteiger partial charge in [-0.1, -0.05) is 20.3 Å². The predicted molar refractivity (Wildman–Crippen MR) is 75.9 cm³/mol. The van der Waals surface area contributed by atoms with Gasteiger partial charge in [0.25, 0.3) is 0 Å². The Bertz CT molecular complexity index is 398. The topological polar surface area (TPSA) is 98.0 Å². The third-order valence-electron chi connectivity index (χ3n) is 2.94. The first kappa shape index (κ1) is 15.4. The third kappa shape index (κ3) is 4.86. The number of nitrogens with zero attached hydrogens (tertiary/aromatic N) is 3. The molecule has 0 spiro atoms. The SMILES string of the molecule is CCC(C)C(C)Nc1nc(NN)nc(OC(C)C)n1. The van der Waals surface area contributed by atoms with Gasteiger partial charge in [-0.25, -0.2) is 5.84 Å². The van der Waals surface area contributed by atoms with Crippen LogP contribution in [-0.2, 0) is 0 Å². The first-order chi connectivity index (χ1) is 8.96. The van der Waals surface area contributed by atoms with Crippen LogP contribution >= 0.6 is 0 Å². The number of aromatic nitrogens is 3. The van der Waals surface area contributed by atoms with E-state index in [0.717, 1.165) is 6.42 Å². The van der Waals surface area contributed by atoms with E-state index in [2.05, 4.69) is 46.5 Å². The van der Waals surface area contributed by atoms with Gasteiger partial charge in [0.05, 0.1) is 6.10 Å². The summed E-state index contributed by atoms with van der Waals surface area (Å²) in [7, 11) is 0. The van der Waals surface area contributed by atoms with E-state index in [9.17, 15) is 0 Å². The van der Waals surface area contributed by atoms with Crippen LogP contribution in [0.15, 0.2) is 0 Å². The molecule has 0 aliphatic heterocycles. The first-order valence-electron chi connectivity index (χ1n) is 6.62. The molecule has 1 aromatic heterocycles. The number of nitrogens with one attached hydrogen (secondary N) is 2. The summed E-state index contributed by atoms with van der Waals surface area (Å²) in [5.41, 5.74) is 2.42. The van der Waals surface area contributed by atoms with E-state index in [1.54, 1.807) is 0 Å². The minimum Gasteiger partial charge on any atom is -0.461 e. The molecule has 0 bridgehead atoms. The Balaban J connectivity index is 2.87. The third-order valence-corrected chi connectivity index (χ3v) is 2.94. The monoisotopic (exact) mass is 268 g/mol. The van der Waals surface area contributed by atoms with Crippen molar-refractivity contribution in [2.75, 3.05) is 10.7 Å². The molecule has 2 atom stereocenters. The molecule has 1 aromatic rings. The highest BCUT2D eigenvalue weighted by molar-refractivity contribution is 5.35. The Hall–Kier alpha value is -1.63. The van der Waals surface area contributed by atoms with Crippen molar-refractivity contribution < 1.29 is 4.74 Å². The Morgan fingerprint density at radius 3 is 2.26 bits per heavy atom. The van der Waals surface area contributed by atoms with Crippen LogP contribution in [0, 0.1) is 5.92 Å². The molecular formula is C12H24N6O. The molecule has 108 valence electrons. The second kappa shape index (κ2) is 7.08. The van der Waals surface area contributed by atoms with Crippen molar-refractivity contribution in [3.8, 4) is 6.01 Å². The number of hydrogen-bond acceptors (Lipinski definition) is 7. The van der Waals surface area contributed by atoms with Gasteiger partial charge in [-0.2, -0.15) is 15.0 Å². The fourth-order valence-corrected chi connectivity index (χ4v) is 1.45. The van der Waals surface area contributed by atoms with E-state index < -0.39 is 0 Å². The highest BCUT2D eigenvalue weighted by Gasteiger charge is 2.14. The van der Waals surface area contributed by atoms with E-state index in [-0.39, 0.29) is 24.1 Å². The van der Waals surface area contributed by atoms with Crippen LogP contribution in [0.3, 0.4) is 0 Å². The van der Waals surface area contributed by atoms with Crippen molar-refractivity contribution in [1.82, 2.24) is 15.0 Å². The summed E-state index contributed by atoms with van der Waals surface area (Å²) < 4.78 is 5.47. The highest BCUT2D eigenvalue weighted by atomic mass is 16.5. The lowest BCUT2D eigenvalue weighted by Crippen LogP contribution is -2.25. The van der Waals surface area contributed by atoms with Gasteiger partial charge < -0.3 is 10.1 Å². The zero-order chi connectivity index (χ0) is 14.4. The largest absolute Gasteiger partial charge is 0.461 e. The minimum atomic E-state index is -0.00661. The summed E-state index contributed by atoms with van der Waals surface area (Å²) in [6.07, 6.45) is 1.07. The maximum atomic E-state index is 5.47. The average Bonchev–Trinajstić information content (AvgIpc) is 2.36. The summed E-state index contributed by atoms with van der Waals surface area (Å²) in [6, 6.07) is 0.515. The highest BCUT2D eigenvalue weighted by Crippen LogP contribution is 2.15. The summed E-state index contributed by atoms with van der Waals surface area (Å²) in [4.78, 5) is 12.4. The summed E-state index contributed by atoms with van der Waals surface area (Å²) >= 11 is 0. The molecule has 0 aromatic carbocycles. The van der Waals surface area contributed by atoms with E-state index in [1.165, 1.54) is 0 Å². The van der Waals surface area contributed by atoms with Crippen LogP contribution in [0.1, 0.15) is 41.0 Å². The van der Waals surface area contributed by atoms with Gasteiger partial charge in [0, 0.05) is 6.04 Å². The fraction of sp³-hybridized carbons (Fsp3) is 0.750. The molecule has 0 fully saturated rings. The van der Waals surface area contributed by atoms with Crippen molar-refractivity contribution in [3.05, 3.63) is 0 Å². The smallest absolute Gasteiger partial charge is 0.323 e. The van der Waals surface area contributed by atoms with Crippen molar-refractivity contribution in [2.45, 2.75) is 53.2 Å². The molecule has 0 aliphatic carbocycles. The molecule has 0 radical (unpaired) electrons. The van der Waals surface area contributed by atoms with Crippen LogP contribution < -0.4 is 21.3 Å². The number of ether oxygens (including phenoxy) is 1. The first-order valence-corrected chi connectivity index (χ1v) is 6.62. The molecule has 7 heteroatoms. The van der Waals surface area contributed by atoms with Crippen molar-refractivity contribution in [3.63, 3.8) is 0 Å². The maximum absolute atomic E-state index is 5.47. The standard InChI is InChI=1S/C12H24N6O/c1-6-8(4)9(5)14-10-15-11(18-13)17-12(16-10)19-7(2)3/h7-9H,6,13H2,1-5H3,(H2,14,15,16,17,18). The number of nitrogens with two attached hydrogens (primary N) is 1. The van der Waals surface area contributed by atoms with Crippen LogP contribution in [-0.4, -0.2) is 27.1 Å². The Labute approximate surface area is 114 Å². The molecule has 0 aliphatic rings. The molecular weight excluding hydrogens is 244 g/mol. The summed E-state index contributed by atoms with van der Waals surface area (Å²) in [6.45, 7) is 10.2. The Morgan fingerprint density at radius 2 is 1.74 bits per heavy atom. The summed E-state index contributed by atoms with van der Waals surface area (Å²) in [5, 5.41) is 3.24. The second-order valence-corrected chi connectivity index (χ2v) is 4.89. The molecule has 0 amide bonds. The van der Waals surface area contributed by atoms with Crippen molar-refractivity contribution in [1.29, 1.82) is 0 Å². The number of rotatable bonds is 7. The Kier molecular flexibility index (Phi) is 5.75. The zero-order valence-electron chi connectivity index (χ0n) is 12.3. The normalized spacial score (nSPS) is 14.1.